The van der Waals surface area contributed by atoms with Crippen LogP contribution in [-0.4, -0.2) is 16.5 Å². The molecule has 1 heterocycles. The fraction of sp³-hybridized carbons (Fsp3) is 0.636. The van der Waals surface area contributed by atoms with Crippen LogP contribution in [0.1, 0.15) is 32.1 Å². The van der Waals surface area contributed by atoms with Gasteiger partial charge in [0.05, 0.1) is 18.1 Å². The number of aromatic nitrogens is 2. The summed E-state index contributed by atoms with van der Waals surface area (Å²) in [5, 5.41) is 3.39. The molecule has 0 atom stereocenters. The summed E-state index contributed by atoms with van der Waals surface area (Å²) in [6.45, 7) is 1.08. The lowest BCUT2D eigenvalue weighted by molar-refractivity contribution is 0.373. The predicted molar refractivity (Wildman–Crippen MR) is 57.1 cm³/mol. The van der Waals surface area contributed by atoms with Crippen LogP contribution in [-0.2, 0) is 0 Å². The van der Waals surface area contributed by atoms with E-state index >= 15 is 0 Å². The summed E-state index contributed by atoms with van der Waals surface area (Å²) >= 11 is 0. The Bertz CT molecular complexity index is 254. The maximum atomic E-state index is 3.97. The minimum Gasteiger partial charge on any atom is -0.382 e. The van der Waals surface area contributed by atoms with Crippen LogP contribution in [0.15, 0.2) is 18.7 Å². The molecule has 0 unspecified atom stereocenters. The summed E-state index contributed by atoms with van der Waals surface area (Å²) < 4.78 is 0. The molecule has 3 nitrogen and oxygen atoms in total. The number of hydrogen-bond donors (Lipinski definition) is 1. The minimum absolute atomic E-state index is 0.851. The van der Waals surface area contributed by atoms with Crippen molar-refractivity contribution < 1.29 is 0 Å². The molecule has 3 heteroatoms. The highest BCUT2D eigenvalue weighted by molar-refractivity contribution is 5.36. The van der Waals surface area contributed by atoms with Crippen molar-refractivity contribution in [2.24, 2.45) is 5.92 Å². The quantitative estimate of drug-likeness (QED) is 0.797. The van der Waals surface area contributed by atoms with Crippen molar-refractivity contribution in [2.75, 3.05) is 11.9 Å². The SMILES string of the molecule is c1ncc(NCC2CCCCC2)cn1. The Balaban J connectivity index is 1.76. The Morgan fingerprint density at radius 3 is 2.57 bits per heavy atom. The van der Waals surface area contributed by atoms with Crippen LogP contribution in [0.25, 0.3) is 0 Å². The Morgan fingerprint density at radius 1 is 1.14 bits per heavy atom. The van der Waals surface area contributed by atoms with Gasteiger partial charge in [-0.1, -0.05) is 19.3 Å². The van der Waals surface area contributed by atoms with Crippen molar-refractivity contribution in [2.45, 2.75) is 32.1 Å². The largest absolute Gasteiger partial charge is 0.382 e. The first-order valence-corrected chi connectivity index (χ1v) is 5.44. The molecule has 1 aliphatic carbocycles. The van der Waals surface area contributed by atoms with E-state index in [1.807, 2.05) is 12.4 Å². The van der Waals surface area contributed by atoms with Crippen LogP contribution in [0.2, 0.25) is 0 Å². The molecule has 1 saturated carbocycles. The van der Waals surface area contributed by atoms with Crippen LogP contribution in [0.3, 0.4) is 0 Å². The van der Waals surface area contributed by atoms with Crippen LogP contribution < -0.4 is 5.32 Å². The van der Waals surface area contributed by atoms with Gasteiger partial charge in [0.2, 0.25) is 0 Å². The average Bonchev–Trinajstić information content (AvgIpc) is 2.29. The summed E-state index contributed by atoms with van der Waals surface area (Å²) in [6, 6.07) is 0. The highest BCUT2D eigenvalue weighted by Crippen LogP contribution is 2.23. The van der Waals surface area contributed by atoms with Crippen molar-refractivity contribution in [3.63, 3.8) is 0 Å². The van der Waals surface area contributed by atoms with Crippen molar-refractivity contribution in [3.8, 4) is 0 Å². The molecule has 1 aromatic heterocycles. The molecule has 0 aliphatic heterocycles. The Morgan fingerprint density at radius 2 is 1.86 bits per heavy atom. The molecule has 0 aromatic carbocycles. The third kappa shape index (κ3) is 2.69. The van der Waals surface area contributed by atoms with E-state index in [9.17, 15) is 0 Å². The number of nitrogens with one attached hydrogen (secondary N) is 1. The fourth-order valence-electron chi connectivity index (χ4n) is 2.04. The molecular formula is C11H17N3. The second-order valence-electron chi connectivity index (χ2n) is 4.01. The van der Waals surface area contributed by atoms with Gasteiger partial charge in [0, 0.05) is 6.54 Å². The van der Waals surface area contributed by atoms with Crippen LogP contribution in [0, 0.1) is 5.92 Å². The smallest absolute Gasteiger partial charge is 0.115 e. The van der Waals surface area contributed by atoms with Crippen molar-refractivity contribution in [1.29, 1.82) is 0 Å². The van der Waals surface area contributed by atoms with E-state index in [0.717, 1.165) is 18.2 Å². The molecule has 1 aliphatic rings. The lowest BCUT2D eigenvalue weighted by atomic mass is 9.89. The third-order valence-electron chi connectivity index (χ3n) is 2.88. The molecule has 0 radical (unpaired) electrons. The molecule has 0 bridgehead atoms. The summed E-state index contributed by atoms with van der Waals surface area (Å²) in [4.78, 5) is 7.95. The second-order valence-corrected chi connectivity index (χ2v) is 4.01. The van der Waals surface area contributed by atoms with Gasteiger partial charge in [-0.25, -0.2) is 9.97 Å². The molecule has 1 N–H and O–H groups in total. The van der Waals surface area contributed by atoms with Crippen molar-refractivity contribution in [3.05, 3.63) is 18.7 Å². The summed E-state index contributed by atoms with van der Waals surface area (Å²) in [7, 11) is 0. The van der Waals surface area contributed by atoms with Gasteiger partial charge in [-0.3, -0.25) is 0 Å². The van der Waals surface area contributed by atoms with Gasteiger partial charge in [-0.2, -0.15) is 0 Å². The van der Waals surface area contributed by atoms with E-state index in [1.54, 1.807) is 6.33 Å². The highest BCUT2D eigenvalue weighted by Gasteiger charge is 2.12. The average molecular weight is 191 g/mol. The first-order chi connectivity index (χ1) is 6.95. The molecule has 0 saturated heterocycles. The molecule has 76 valence electrons. The monoisotopic (exact) mass is 191 g/mol. The highest BCUT2D eigenvalue weighted by atomic mass is 14.9. The third-order valence-corrected chi connectivity index (χ3v) is 2.88. The Hall–Kier alpha value is -1.12. The van der Waals surface area contributed by atoms with Crippen molar-refractivity contribution >= 4 is 5.69 Å². The van der Waals surface area contributed by atoms with Gasteiger partial charge in [0.25, 0.3) is 0 Å². The number of anilines is 1. The molecule has 2 rings (SSSR count). The minimum atomic E-state index is 0.851. The van der Waals surface area contributed by atoms with Gasteiger partial charge in [-0.15, -0.1) is 0 Å². The first-order valence-electron chi connectivity index (χ1n) is 5.44. The fourth-order valence-corrected chi connectivity index (χ4v) is 2.04. The molecule has 1 fully saturated rings. The van der Waals surface area contributed by atoms with E-state index in [1.165, 1.54) is 32.1 Å². The van der Waals surface area contributed by atoms with E-state index in [-0.39, 0.29) is 0 Å². The van der Waals surface area contributed by atoms with Crippen LogP contribution in [0.4, 0.5) is 5.69 Å². The predicted octanol–water partition coefficient (Wildman–Crippen LogP) is 2.47. The number of rotatable bonds is 3. The molecule has 14 heavy (non-hydrogen) atoms. The van der Waals surface area contributed by atoms with E-state index < -0.39 is 0 Å². The van der Waals surface area contributed by atoms with Gasteiger partial charge in [-0.05, 0) is 18.8 Å². The van der Waals surface area contributed by atoms with Crippen LogP contribution >= 0.6 is 0 Å². The molecule has 0 amide bonds. The maximum absolute atomic E-state index is 3.97. The summed E-state index contributed by atoms with van der Waals surface area (Å²) in [5.41, 5.74) is 1.04. The molecular weight excluding hydrogens is 174 g/mol. The van der Waals surface area contributed by atoms with Crippen molar-refractivity contribution in [1.82, 2.24) is 9.97 Å². The van der Waals surface area contributed by atoms with Gasteiger partial charge in [0.1, 0.15) is 6.33 Å². The lowest BCUT2D eigenvalue weighted by Crippen LogP contribution is -2.17. The normalized spacial score (nSPS) is 18.0. The summed E-state index contributed by atoms with van der Waals surface area (Å²) in [6.07, 6.45) is 12.2. The Kier molecular flexibility index (Phi) is 3.33. The Labute approximate surface area is 85.0 Å². The topological polar surface area (TPSA) is 37.8 Å². The maximum Gasteiger partial charge on any atom is 0.115 e. The lowest BCUT2D eigenvalue weighted by Gasteiger charge is -2.21. The van der Waals surface area contributed by atoms with E-state index in [4.69, 9.17) is 0 Å². The number of hydrogen-bond acceptors (Lipinski definition) is 3. The van der Waals surface area contributed by atoms with Gasteiger partial charge >= 0.3 is 0 Å². The zero-order valence-electron chi connectivity index (χ0n) is 8.45. The molecule has 0 spiro atoms. The zero-order valence-corrected chi connectivity index (χ0v) is 8.45. The van der Waals surface area contributed by atoms with E-state index in [2.05, 4.69) is 15.3 Å². The zero-order chi connectivity index (χ0) is 9.64. The second kappa shape index (κ2) is 4.94. The molecule has 1 aromatic rings. The standard InChI is InChI=1S/C11H17N3/c1-2-4-10(5-3-1)6-14-11-7-12-9-13-8-11/h7-10,14H,1-6H2. The first kappa shape index (κ1) is 9.44. The van der Waals surface area contributed by atoms with Gasteiger partial charge < -0.3 is 5.32 Å². The number of nitrogens with zero attached hydrogens (tertiary/aromatic N) is 2. The van der Waals surface area contributed by atoms with Crippen LogP contribution in [0.5, 0.6) is 0 Å². The van der Waals surface area contributed by atoms with E-state index in [0.29, 0.717) is 0 Å². The summed E-state index contributed by atoms with van der Waals surface area (Å²) in [5.74, 6) is 0.851. The van der Waals surface area contributed by atoms with Gasteiger partial charge in [0.15, 0.2) is 0 Å².